The summed E-state index contributed by atoms with van der Waals surface area (Å²) >= 11 is 12.0. The molecule has 0 fully saturated rings. The van der Waals surface area contributed by atoms with Gasteiger partial charge in [-0.05, 0) is 25.5 Å². The number of aromatic nitrogens is 2. The maximum absolute atomic E-state index is 6.09. The van der Waals surface area contributed by atoms with Gasteiger partial charge in [0.1, 0.15) is 22.4 Å². The Kier molecular flexibility index (Phi) is 5.04. The van der Waals surface area contributed by atoms with Crippen molar-refractivity contribution in [2.24, 2.45) is 0 Å². The van der Waals surface area contributed by atoms with Gasteiger partial charge in [-0.2, -0.15) is 4.98 Å². The van der Waals surface area contributed by atoms with E-state index in [1.54, 1.807) is 24.3 Å². The third-order valence-electron chi connectivity index (χ3n) is 2.50. The molecule has 1 aromatic carbocycles. The molecule has 2 aromatic rings. The fourth-order valence-corrected chi connectivity index (χ4v) is 1.94. The zero-order valence-electron chi connectivity index (χ0n) is 11.3. The van der Waals surface area contributed by atoms with Crippen LogP contribution in [0.4, 0.5) is 5.82 Å². The molecule has 0 bridgehead atoms. The number of halogens is 2. The van der Waals surface area contributed by atoms with Gasteiger partial charge in [0.05, 0.1) is 5.02 Å². The lowest BCUT2D eigenvalue weighted by molar-refractivity contribution is 0.460. The van der Waals surface area contributed by atoms with Crippen molar-refractivity contribution in [3.8, 4) is 11.6 Å². The molecule has 0 saturated carbocycles. The lowest BCUT2D eigenvalue weighted by Gasteiger charge is -2.10. The minimum Gasteiger partial charge on any atom is -0.437 e. The summed E-state index contributed by atoms with van der Waals surface area (Å²) in [6.07, 6.45) is 1.01. The molecule has 20 heavy (non-hydrogen) atoms. The quantitative estimate of drug-likeness (QED) is 0.869. The van der Waals surface area contributed by atoms with Gasteiger partial charge in [0.2, 0.25) is 5.88 Å². The van der Waals surface area contributed by atoms with Gasteiger partial charge in [-0.3, -0.25) is 0 Å². The van der Waals surface area contributed by atoms with E-state index in [1.807, 2.05) is 6.92 Å². The molecule has 0 amide bonds. The summed E-state index contributed by atoms with van der Waals surface area (Å²) in [7, 11) is 0. The molecule has 106 valence electrons. The topological polar surface area (TPSA) is 47.0 Å². The van der Waals surface area contributed by atoms with Crippen molar-refractivity contribution >= 4 is 29.0 Å². The van der Waals surface area contributed by atoms with E-state index in [9.17, 15) is 0 Å². The summed E-state index contributed by atoms with van der Waals surface area (Å²) in [5.41, 5.74) is 0. The molecule has 1 aromatic heterocycles. The van der Waals surface area contributed by atoms with Gasteiger partial charge >= 0.3 is 0 Å². The molecule has 0 saturated heterocycles. The Balaban J connectivity index is 2.24. The first-order valence-corrected chi connectivity index (χ1v) is 7.07. The highest BCUT2D eigenvalue weighted by Gasteiger charge is 2.09. The van der Waals surface area contributed by atoms with Crippen molar-refractivity contribution < 1.29 is 4.74 Å². The van der Waals surface area contributed by atoms with Crippen molar-refractivity contribution in [3.63, 3.8) is 0 Å². The molecule has 0 aliphatic carbocycles. The fourth-order valence-electron chi connectivity index (χ4n) is 1.61. The van der Waals surface area contributed by atoms with Gasteiger partial charge < -0.3 is 10.1 Å². The summed E-state index contributed by atoms with van der Waals surface area (Å²) < 4.78 is 5.68. The van der Waals surface area contributed by atoms with Crippen LogP contribution >= 0.6 is 23.2 Å². The molecule has 0 spiro atoms. The highest BCUT2D eigenvalue weighted by molar-refractivity contribution is 6.42. The van der Waals surface area contributed by atoms with Gasteiger partial charge in [-0.1, -0.05) is 36.2 Å². The number of hydrogen-bond acceptors (Lipinski definition) is 4. The molecule has 0 aliphatic rings. The Morgan fingerprint density at radius 1 is 1.25 bits per heavy atom. The third kappa shape index (κ3) is 3.74. The van der Waals surface area contributed by atoms with E-state index in [0.29, 0.717) is 27.5 Å². The second kappa shape index (κ2) is 6.77. The maximum atomic E-state index is 6.09. The Morgan fingerprint density at radius 3 is 2.80 bits per heavy atom. The average Bonchev–Trinajstić information content (AvgIpc) is 2.41. The molecule has 2 rings (SSSR count). The summed E-state index contributed by atoms with van der Waals surface area (Å²) in [6.45, 7) is 4.74. The van der Waals surface area contributed by atoms with Crippen LogP contribution in [-0.4, -0.2) is 16.5 Å². The zero-order valence-corrected chi connectivity index (χ0v) is 12.8. The number of benzene rings is 1. The lowest BCUT2D eigenvalue weighted by Crippen LogP contribution is -2.04. The molecule has 1 heterocycles. The molecular formula is C14H15Cl2N3O. The largest absolute Gasteiger partial charge is 0.437 e. The predicted molar refractivity (Wildman–Crippen MR) is 82.1 cm³/mol. The standard InChI is InChI=1S/C14H15Cl2N3O/c1-3-7-17-12-8-13(19-9(2)18-12)20-11-6-4-5-10(15)14(11)16/h4-6,8H,3,7H2,1-2H3,(H,17,18,19). The average molecular weight is 312 g/mol. The van der Waals surface area contributed by atoms with Crippen LogP contribution in [0.2, 0.25) is 10.0 Å². The first-order valence-electron chi connectivity index (χ1n) is 6.31. The molecule has 0 atom stereocenters. The molecule has 4 nitrogen and oxygen atoms in total. The molecule has 1 N–H and O–H groups in total. The predicted octanol–water partition coefficient (Wildman–Crippen LogP) is 4.71. The summed E-state index contributed by atoms with van der Waals surface area (Å²) in [5, 5.41) is 4.01. The van der Waals surface area contributed by atoms with Gasteiger partial charge in [-0.15, -0.1) is 0 Å². The van der Waals surface area contributed by atoms with Crippen molar-refractivity contribution in [3.05, 3.63) is 40.1 Å². The van der Waals surface area contributed by atoms with Crippen LogP contribution in [0.3, 0.4) is 0 Å². The van der Waals surface area contributed by atoms with Crippen molar-refractivity contribution in [2.45, 2.75) is 20.3 Å². The second-order valence-corrected chi connectivity index (χ2v) is 5.00. The Morgan fingerprint density at radius 2 is 2.05 bits per heavy atom. The highest BCUT2D eigenvalue weighted by Crippen LogP contribution is 2.34. The van der Waals surface area contributed by atoms with E-state index >= 15 is 0 Å². The SMILES string of the molecule is CCCNc1cc(Oc2cccc(Cl)c2Cl)nc(C)n1. The van der Waals surface area contributed by atoms with Crippen molar-refractivity contribution in [1.29, 1.82) is 0 Å². The first-order chi connectivity index (χ1) is 9.60. The molecule has 0 unspecified atom stereocenters. The fraction of sp³-hybridized carbons (Fsp3) is 0.286. The highest BCUT2D eigenvalue weighted by atomic mass is 35.5. The van der Waals surface area contributed by atoms with E-state index in [2.05, 4.69) is 22.2 Å². The second-order valence-electron chi connectivity index (χ2n) is 4.22. The van der Waals surface area contributed by atoms with Crippen molar-refractivity contribution in [2.75, 3.05) is 11.9 Å². The van der Waals surface area contributed by atoms with Gasteiger partial charge in [-0.25, -0.2) is 4.98 Å². The van der Waals surface area contributed by atoms with Crippen LogP contribution in [0.15, 0.2) is 24.3 Å². The van der Waals surface area contributed by atoms with Gasteiger partial charge in [0.15, 0.2) is 0 Å². The first kappa shape index (κ1) is 14.9. The van der Waals surface area contributed by atoms with Crippen LogP contribution in [-0.2, 0) is 0 Å². The third-order valence-corrected chi connectivity index (χ3v) is 3.30. The normalized spacial score (nSPS) is 10.4. The Bertz CT molecular complexity index is 605. The number of anilines is 1. The Hall–Kier alpha value is -1.52. The smallest absolute Gasteiger partial charge is 0.224 e. The summed E-state index contributed by atoms with van der Waals surface area (Å²) in [6, 6.07) is 6.95. The summed E-state index contributed by atoms with van der Waals surface area (Å²) in [4.78, 5) is 8.52. The van der Waals surface area contributed by atoms with Crippen LogP contribution in [0.25, 0.3) is 0 Å². The van der Waals surface area contributed by atoms with E-state index in [0.717, 1.165) is 18.8 Å². The van der Waals surface area contributed by atoms with Gasteiger partial charge in [0.25, 0.3) is 0 Å². The number of nitrogens with zero attached hydrogens (tertiary/aromatic N) is 2. The number of rotatable bonds is 5. The van der Waals surface area contributed by atoms with Gasteiger partial charge in [0, 0.05) is 12.6 Å². The lowest BCUT2D eigenvalue weighted by atomic mass is 10.3. The number of ether oxygens (including phenoxy) is 1. The number of nitrogens with one attached hydrogen (secondary N) is 1. The number of aryl methyl sites for hydroxylation is 1. The van der Waals surface area contributed by atoms with E-state index < -0.39 is 0 Å². The summed E-state index contributed by atoms with van der Waals surface area (Å²) in [5.74, 6) is 2.26. The van der Waals surface area contributed by atoms with Crippen LogP contribution in [0.1, 0.15) is 19.2 Å². The van der Waals surface area contributed by atoms with Crippen LogP contribution in [0, 0.1) is 6.92 Å². The maximum Gasteiger partial charge on any atom is 0.224 e. The van der Waals surface area contributed by atoms with E-state index in [1.165, 1.54) is 0 Å². The minimum absolute atomic E-state index is 0.369. The Labute approximate surface area is 128 Å². The molecule has 0 radical (unpaired) electrons. The minimum atomic E-state index is 0.369. The number of hydrogen-bond donors (Lipinski definition) is 1. The monoisotopic (exact) mass is 311 g/mol. The van der Waals surface area contributed by atoms with Crippen molar-refractivity contribution in [1.82, 2.24) is 9.97 Å². The molecule has 0 aliphatic heterocycles. The van der Waals surface area contributed by atoms with Crippen LogP contribution < -0.4 is 10.1 Å². The molecular weight excluding hydrogens is 297 g/mol. The van der Waals surface area contributed by atoms with Crippen LogP contribution in [0.5, 0.6) is 11.6 Å². The zero-order chi connectivity index (χ0) is 14.5. The van der Waals surface area contributed by atoms with E-state index in [-0.39, 0.29) is 0 Å². The van der Waals surface area contributed by atoms with E-state index in [4.69, 9.17) is 27.9 Å². The molecule has 6 heteroatoms.